The standard InChI is InChI=1S/C11H13Cl2N2/c12-10-2-1-3-11(13)9(10)8-15-6-4-14-5-7-15/h1-3H,4-8H2. The third-order valence-corrected chi connectivity index (χ3v) is 3.30. The van der Waals surface area contributed by atoms with Crippen molar-refractivity contribution in [3.63, 3.8) is 0 Å². The Kier molecular flexibility index (Phi) is 3.87. The van der Waals surface area contributed by atoms with Crippen molar-refractivity contribution in [2.45, 2.75) is 6.54 Å². The summed E-state index contributed by atoms with van der Waals surface area (Å²) in [4.78, 5) is 2.33. The van der Waals surface area contributed by atoms with Gasteiger partial charge in [-0.05, 0) is 12.1 Å². The van der Waals surface area contributed by atoms with E-state index < -0.39 is 0 Å². The smallest absolute Gasteiger partial charge is 0.0465 e. The van der Waals surface area contributed by atoms with Crippen LogP contribution in [0, 0.1) is 0 Å². The van der Waals surface area contributed by atoms with Crippen LogP contribution >= 0.6 is 23.2 Å². The maximum Gasteiger partial charge on any atom is 0.0465 e. The second kappa shape index (κ2) is 5.17. The zero-order chi connectivity index (χ0) is 10.7. The van der Waals surface area contributed by atoms with Crippen LogP contribution in [0.25, 0.3) is 0 Å². The first-order valence-corrected chi connectivity index (χ1v) is 5.81. The van der Waals surface area contributed by atoms with Crippen LogP contribution in [0.1, 0.15) is 5.56 Å². The largest absolute Gasteiger partial charge is 0.296 e. The minimum atomic E-state index is 0.755. The summed E-state index contributed by atoms with van der Waals surface area (Å²) in [5.74, 6) is 0. The maximum atomic E-state index is 6.11. The van der Waals surface area contributed by atoms with Crippen LogP contribution in [0.4, 0.5) is 0 Å². The molecule has 0 aliphatic carbocycles. The van der Waals surface area contributed by atoms with E-state index in [9.17, 15) is 0 Å². The average molecular weight is 244 g/mol. The normalized spacial score (nSPS) is 18.0. The van der Waals surface area contributed by atoms with E-state index in [1.807, 2.05) is 18.2 Å². The highest BCUT2D eigenvalue weighted by Gasteiger charge is 2.14. The molecule has 1 fully saturated rings. The van der Waals surface area contributed by atoms with Crippen molar-refractivity contribution in [2.24, 2.45) is 0 Å². The van der Waals surface area contributed by atoms with Crippen LogP contribution in [0.15, 0.2) is 18.2 Å². The summed E-state index contributed by atoms with van der Waals surface area (Å²) < 4.78 is 0. The number of nitrogens with zero attached hydrogens (tertiary/aromatic N) is 2. The van der Waals surface area contributed by atoms with Crippen LogP contribution in [0.3, 0.4) is 0 Å². The molecular formula is C11H13Cl2N2. The SMILES string of the molecule is Clc1cccc(Cl)c1CN1CC[N]CC1. The van der Waals surface area contributed by atoms with E-state index >= 15 is 0 Å². The van der Waals surface area contributed by atoms with Gasteiger partial charge in [-0.2, -0.15) is 0 Å². The summed E-state index contributed by atoms with van der Waals surface area (Å²) in [6.45, 7) is 4.67. The zero-order valence-corrected chi connectivity index (χ0v) is 9.93. The molecule has 0 unspecified atom stereocenters. The predicted octanol–water partition coefficient (Wildman–Crippen LogP) is 2.41. The molecule has 1 aliphatic rings. The summed E-state index contributed by atoms with van der Waals surface area (Å²) in [6.07, 6.45) is 0. The summed E-state index contributed by atoms with van der Waals surface area (Å²) in [5.41, 5.74) is 1.03. The molecule has 1 aliphatic heterocycles. The summed E-state index contributed by atoms with van der Waals surface area (Å²) in [5, 5.41) is 5.82. The molecule has 0 bridgehead atoms. The summed E-state index contributed by atoms with van der Waals surface area (Å²) in [6, 6.07) is 5.65. The third-order valence-electron chi connectivity index (χ3n) is 2.59. The molecule has 2 rings (SSSR count). The molecule has 2 nitrogen and oxygen atoms in total. The van der Waals surface area contributed by atoms with E-state index in [4.69, 9.17) is 23.2 Å². The number of hydrogen-bond donors (Lipinski definition) is 0. The molecule has 0 aromatic heterocycles. The molecule has 15 heavy (non-hydrogen) atoms. The fourth-order valence-corrected chi connectivity index (χ4v) is 2.23. The molecular weight excluding hydrogens is 231 g/mol. The van der Waals surface area contributed by atoms with Gasteiger partial charge in [-0.1, -0.05) is 29.3 Å². The fourth-order valence-electron chi connectivity index (χ4n) is 1.71. The van der Waals surface area contributed by atoms with Crippen LogP contribution in [-0.4, -0.2) is 31.1 Å². The van der Waals surface area contributed by atoms with Crippen molar-refractivity contribution in [3.05, 3.63) is 33.8 Å². The second-order valence-electron chi connectivity index (χ2n) is 3.65. The van der Waals surface area contributed by atoms with Gasteiger partial charge in [-0.3, -0.25) is 4.90 Å². The van der Waals surface area contributed by atoms with E-state index in [1.165, 1.54) is 0 Å². The van der Waals surface area contributed by atoms with E-state index in [0.29, 0.717) is 0 Å². The van der Waals surface area contributed by atoms with Crippen molar-refractivity contribution in [2.75, 3.05) is 26.2 Å². The van der Waals surface area contributed by atoms with Gasteiger partial charge in [0.05, 0.1) is 0 Å². The van der Waals surface area contributed by atoms with Gasteiger partial charge in [0.2, 0.25) is 0 Å². The lowest BCUT2D eigenvalue weighted by molar-refractivity contribution is 0.231. The van der Waals surface area contributed by atoms with Gasteiger partial charge in [0.25, 0.3) is 0 Å². The Balaban J connectivity index is 2.09. The number of rotatable bonds is 2. The third kappa shape index (κ3) is 2.85. The highest BCUT2D eigenvalue weighted by molar-refractivity contribution is 6.35. The van der Waals surface area contributed by atoms with Gasteiger partial charge in [0, 0.05) is 48.3 Å². The van der Waals surface area contributed by atoms with Gasteiger partial charge in [-0.15, -0.1) is 0 Å². The average Bonchev–Trinajstić information content (AvgIpc) is 2.25. The first-order valence-electron chi connectivity index (χ1n) is 5.06. The Bertz CT molecular complexity index is 315. The maximum absolute atomic E-state index is 6.11. The van der Waals surface area contributed by atoms with E-state index in [2.05, 4.69) is 10.2 Å². The van der Waals surface area contributed by atoms with Crippen molar-refractivity contribution >= 4 is 23.2 Å². The van der Waals surface area contributed by atoms with Gasteiger partial charge in [0.15, 0.2) is 0 Å². The van der Waals surface area contributed by atoms with Crippen LogP contribution in [0.2, 0.25) is 10.0 Å². The molecule has 1 heterocycles. The molecule has 0 N–H and O–H groups in total. The van der Waals surface area contributed by atoms with Crippen LogP contribution in [-0.2, 0) is 6.54 Å². The molecule has 0 atom stereocenters. The highest BCUT2D eigenvalue weighted by Crippen LogP contribution is 2.25. The molecule has 0 amide bonds. The highest BCUT2D eigenvalue weighted by atomic mass is 35.5. The summed E-state index contributed by atoms with van der Waals surface area (Å²) in [7, 11) is 0. The number of benzene rings is 1. The topological polar surface area (TPSA) is 17.3 Å². The first-order chi connectivity index (χ1) is 7.27. The molecule has 1 aromatic carbocycles. The molecule has 4 heteroatoms. The zero-order valence-electron chi connectivity index (χ0n) is 8.42. The molecule has 0 saturated carbocycles. The van der Waals surface area contributed by atoms with E-state index in [1.54, 1.807) is 0 Å². The number of hydrogen-bond acceptors (Lipinski definition) is 1. The van der Waals surface area contributed by atoms with Crippen LogP contribution < -0.4 is 5.32 Å². The van der Waals surface area contributed by atoms with Crippen molar-refractivity contribution in [1.82, 2.24) is 10.2 Å². The quantitative estimate of drug-likeness (QED) is 0.780. The van der Waals surface area contributed by atoms with Gasteiger partial charge >= 0.3 is 0 Å². The molecule has 0 spiro atoms. The Morgan fingerprint density at radius 2 is 1.73 bits per heavy atom. The van der Waals surface area contributed by atoms with Crippen LogP contribution in [0.5, 0.6) is 0 Å². The fraction of sp³-hybridized carbons (Fsp3) is 0.455. The Labute approximate surface area is 100 Å². The second-order valence-corrected chi connectivity index (χ2v) is 4.46. The Hall–Kier alpha value is -0.280. The lowest BCUT2D eigenvalue weighted by Crippen LogP contribution is -2.39. The van der Waals surface area contributed by atoms with Gasteiger partial charge < -0.3 is 0 Å². The molecule has 81 valence electrons. The molecule has 1 aromatic rings. The van der Waals surface area contributed by atoms with Gasteiger partial charge in [-0.25, -0.2) is 5.32 Å². The van der Waals surface area contributed by atoms with Gasteiger partial charge in [0.1, 0.15) is 0 Å². The minimum absolute atomic E-state index is 0.755. The predicted molar refractivity (Wildman–Crippen MR) is 63.6 cm³/mol. The lowest BCUT2D eigenvalue weighted by Gasteiger charge is -2.26. The number of piperazine rings is 1. The summed E-state index contributed by atoms with van der Waals surface area (Å²) >= 11 is 12.2. The first kappa shape index (κ1) is 11.2. The molecule has 1 radical (unpaired) electrons. The van der Waals surface area contributed by atoms with Crippen molar-refractivity contribution in [1.29, 1.82) is 0 Å². The van der Waals surface area contributed by atoms with E-state index in [-0.39, 0.29) is 0 Å². The lowest BCUT2D eigenvalue weighted by atomic mass is 10.2. The minimum Gasteiger partial charge on any atom is -0.296 e. The monoisotopic (exact) mass is 243 g/mol. The van der Waals surface area contributed by atoms with E-state index in [0.717, 1.165) is 48.3 Å². The molecule has 1 saturated heterocycles. The Morgan fingerprint density at radius 1 is 1.13 bits per heavy atom. The Morgan fingerprint density at radius 3 is 2.33 bits per heavy atom. The van der Waals surface area contributed by atoms with Crippen molar-refractivity contribution < 1.29 is 0 Å². The van der Waals surface area contributed by atoms with Crippen molar-refractivity contribution in [3.8, 4) is 0 Å². The number of halogens is 2.